The van der Waals surface area contributed by atoms with Gasteiger partial charge in [0.1, 0.15) is 0 Å². The second-order valence-electron chi connectivity index (χ2n) is 6.84. The Balaban J connectivity index is -0.000000270. The molecule has 0 saturated carbocycles. The first-order chi connectivity index (χ1) is 8.20. The third-order valence-corrected chi connectivity index (χ3v) is 3.21. The largest absolute Gasteiger partial charge is 2.00 e. The second-order valence-corrected chi connectivity index (χ2v) is 6.84. The van der Waals surface area contributed by atoms with Crippen LogP contribution in [0.5, 0.6) is 0 Å². The number of hydrogen-bond donors (Lipinski definition) is 0. The van der Waals surface area contributed by atoms with E-state index in [2.05, 4.69) is 78.0 Å². The van der Waals surface area contributed by atoms with Crippen LogP contribution in [0.4, 0.5) is 0 Å². The summed E-state index contributed by atoms with van der Waals surface area (Å²) in [5, 5.41) is 0. The van der Waals surface area contributed by atoms with Crippen molar-refractivity contribution in [2.24, 2.45) is 10.8 Å². The molecule has 0 heterocycles. The van der Waals surface area contributed by atoms with Crippen molar-refractivity contribution in [1.82, 2.24) is 0 Å². The van der Waals surface area contributed by atoms with Crippen LogP contribution in [0.3, 0.4) is 0 Å². The standard InChI is InChI=1S/2C9H14.2CH3.Ru/c2*1-8-5-4-6-9(2,3)7-8;;;/h2*4,6-7H,5H2,1-3H3;2*1H3;/q;;2*-1;+2. The van der Waals surface area contributed by atoms with Gasteiger partial charge in [0.05, 0.1) is 0 Å². The fourth-order valence-corrected chi connectivity index (χ4v) is 2.58. The summed E-state index contributed by atoms with van der Waals surface area (Å²) >= 11 is 0. The van der Waals surface area contributed by atoms with E-state index in [0.717, 1.165) is 12.8 Å². The molecule has 0 aromatic rings. The molecule has 2 aliphatic rings. The van der Waals surface area contributed by atoms with Crippen LogP contribution in [0.15, 0.2) is 47.6 Å². The summed E-state index contributed by atoms with van der Waals surface area (Å²) in [6.07, 6.45) is 16.0. The first kappa shape index (κ1) is 25.5. The molecule has 0 unspecified atom stereocenters. The molecule has 21 heavy (non-hydrogen) atoms. The third-order valence-electron chi connectivity index (χ3n) is 3.21. The van der Waals surface area contributed by atoms with Gasteiger partial charge in [0.2, 0.25) is 0 Å². The normalized spacial score (nSPS) is 20.3. The predicted molar refractivity (Wildman–Crippen MR) is 95.4 cm³/mol. The predicted octanol–water partition coefficient (Wildman–Crippen LogP) is 6.74. The fraction of sp³-hybridized carbons (Fsp3) is 0.500. The van der Waals surface area contributed by atoms with Crippen LogP contribution in [0.2, 0.25) is 0 Å². The molecule has 0 saturated heterocycles. The molecule has 0 aromatic carbocycles. The quantitative estimate of drug-likeness (QED) is 0.250. The molecule has 0 radical (unpaired) electrons. The first-order valence-electron chi connectivity index (χ1n) is 6.92. The van der Waals surface area contributed by atoms with Crippen LogP contribution in [-0.4, -0.2) is 0 Å². The topological polar surface area (TPSA) is 0 Å². The van der Waals surface area contributed by atoms with Gasteiger partial charge in [0.15, 0.2) is 0 Å². The number of rotatable bonds is 0. The fourth-order valence-electron chi connectivity index (χ4n) is 2.58. The summed E-state index contributed by atoms with van der Waals surface area (Å²) in [7, 11) is 0. The SMILES string of the molecule is CC1=CC(C)(C)C=CC1.CC1=CC(C)(C)C=CC1.[CH3-].[CH3-].[Ru+2]. The Labute approximate surface area is 147 Å². The van der Waals surface area contributed by atoms with E-state index in [9.17, 15) is 0 Å². The van der Waals surface area contributed by atoms with Crippen LogP contribution < -0.4 is 0 Å². The van der Waals surface area contributed by atoms with Crippen LogP contribution >= 0.6 is 0 Å². The van der Waals surface area contributed by atoms with Crippen molar-refractivity contribution < 1.29 is 19.5 Å². The van der Waals surface area contributed by atoms with Gasteiger partial charge in [-0.3, -0.25) is 0 Å². The molecule has 122 valence electrons. The minimum absolute atomic E-state index is 0. The van der Waals surface area contributed by atoms with Gasteiger partial charge in [-0.2, -0.15) is 0 Å². The average molecular weight is 376 g/mol. The second kappa shape index (κ2) is 10.3. The summed E-state index contributed by atoms with van der Waals surface area (Å²) < 4.78 is 0. The molecule has 2 aliphatic carbocycles. The number of allylic oxidation sites excluding steroid dienone is 8. The van der Waals surface area contributed by atoms with Crippen molar-refractivity contribution in [3.05, 3.63) is 62.5 Å². The summed E-state index contributed by atoms with van der Waals surface area (Å²) in [5.74, 6) is 0. The van der Waals surface area contributed by atoms with Gasteiger partial charge < -0.3 is 14.9 Å². The van der Waals surface area contributed by atoms with E-state index in [1.807, 2.05) is 0 Å². The van der Waals surface area contributed by atoms with Crippen LogP contribution in [0.25, 0.3) is 0 Å². The van der Waals surface area contributed by atoms with E-state index < -0.39 is 0 Å². The van der Waals surface area contributed by atoms with Crippen molar-refractivity contribution >= 4 is 0 Å². The summed E-state index contributed by atoms with van der Waals surface area (Å²) in [4.78, 5) is 0. The Hall–Kier alpha value is -0.417. The molecule has 0 fully saturated rings. The third kappa shape index (κ3) is 10.9. The Morgan fingerprint density at radius 3 is 1.14 bits per heavy atom. The minimum atomic E-state index is 0. The van der Waals surface area contributed by atoms with Crippen LogP contribution in [0.1, 0.15) is 54.4 Å². The summed E-state index contributed by atoms with van der Waals surface area (Å²) in [6.45, 7) is 13.3. The zero-order valence-electron chi connectivity index (χ0n) is 15.2. The molecular weight excluding hydrogens is 341 g/mol. The van der Waals surface area contributed by atoms with Crippen LogP contribution in [-0.2, 0) is 19.5 Å². The van der Waals surface area contributed by atoms with Crippen molar-refractivity contribution in [2.45, 2.75) is 54.4 Å². The van der Waals surface area contributed by atoms with E-state index >= 15 is 0 Å². The smallest absolute Gasteiger partial charge is 0.358 e. The van der Waals surface area contributed by atoms with E-state index in [1.165, 1.54) is 11.1 Å². The monoisotopic (exact) mass is 376 g/mol. The van der Waals surface area contributed by atoms with E-state index in [0.29, 0.717) is 10.8 Å². The van der Waals surface area contributed by atoms with Crippen molar-refractivity contribution in [1.29, 1.82) is 0 Å². The summed E-state index contributed by atoms with van der Waals surface area (Å²) in [5.41, 5.74) is 3.59. The Morgan fingerprint density at radius 2 is 1.00 bits per heavy atom. The molecule has 1 heteroatoms. The van der Waals surface area contributed by atoms with Gasteiger partial charge in [-0.05, 0) is 26.7 Å². The molecule has 0 nitrogen and oxygen atoms in total. The maximum absolute atomic E-state index is 2.33. The van der Waals surface area contributed by atoms with Gasteiger partial charge in [-0.15, -0.1) is 0 Å². The maximum Gasteiger partial charge on any atom is 2.00 e. The van der Waals surface area contributed by atoms with E-state index in [1.54, 1.807) is 0 Å². The molecule has 0 amide bonds. The molecule has 0 spiro atoms. The Morgan fingerprint density at radius 1 is 0.714 bits per heavy atom. The van der Waals surface area contributed by atoms with Crippen molar-refractivity contribution in [3.8, 4) is 0 Å². The summed E-state index contributed by atoms with van der Waals surface area (Å²) in [6, 6.07) is 0. The Kier molecular flexibility index (Phi) is 12.6. The van der Waals surface area contributed by atoms with Crippen molar-refractivity contribution in [2.75, 3.05) is 0 Å². The molecule has 2 rings (SSSR count). The van der Waals surface area contributed by atoms with E-state index in [4.69, 9.17) is 0 Å². The van der Waals surface area contributed by atoms with Crippen molar-refractivity contribution in [3.63, 3.8) is 0 Å². The molecule has 0 aromatic heterocycles. The Bertz CT molecular complexity index is 364. The molecule has 0 aliphatic heterocycles. The minimum Gasteiger partial charge on any atom is -0.358 e. The van der Waals surface area contributed by atoms with Gasteiger partial charge in [0, 0.05) is 10.8 Å². The molecule has 0 atom stereocenters. The van der Waals surface area contributed by atoms with Gasteiger partial charge in [-0.1, -0.05) is 75.3 Å². The molecule has 0 N–H and O–H groups in total. The first-order valence-corrected chi connectivity index (χ1v) is 6.92. The maximum atomic E-state index is 2.33. The molecule has 0 bridgehead atoms. The van der Waals surface area contributed by atoms with Crippen LogP contribution in [0, 0.1) is 25.7 Å². The average Bonchev–Trinajstić information content (AvgIpc) is 2.13. The van der Waals surface area contributed by atoms with Gasteiger partial charge >= 0.3 is 19.5 Å². The molecular formula is C20H34Ru. The zero-order valence-corrected chi connectivity index (χ0v) is 17.0. The zero-order chi connectivity index (χ0) is 13.8. The van der Waals surface area contributed by atoms with Gasteiger partial charge in [-0.25, -0.2) is 0 Å². The van der Waals surface area contributed by atoms with Gasteiger partial charge in [0.25, 0.3) is 0 Å². The van der Waals surface area contributed by atoms with E-state index in [-0.39, 0.29) is 34.3 Å². The number of hydrogen-bond acceptors (Lipinski definition) is 0.